The molecule has 0 radical (unpaired) electrons. The maximum Gasteiger partial charge on any atom is 0.134 e. The fourth-order valence-electron chi connectivity index (χ4n) is 3.11. The van der Waals surface area contributed by atoms with Crippen molar-refractivity contribution in [2.45, 2.75) is 38.1 Å². The number of hydrogen-bond acceptors (Lipinski definition) is 5. The number of aromatic nitrogens is 2. The molecule has 3 heterocycles. The molecule has 104 valence electrons. The third-order valence-corrected chi connectivity index (χ3v) is 4.20. The quantitative estimate of drug-likeness (QED) is 0.893. The second kappa shape index (κ2) is 5.74. The second-order valence-electron chi connectivity index (χ2n) is 5.45. The molecule has 0 aliphatic carbocycles. The Labute approximate surface area is 114 Å². The Morgan fingerprint density at radius 1 is 1.05 bits per heavy atom. The van der Waals surface area contributed by atoms with Crippen LogP contribution in [0.3, 0.4) is 0 Å². The number of hydrogen-bond donors (Lipinski definition) is 1. The Morgan fingerprint density at radius 2 is 1.79 bits per heavy atom. The highest BCUT2D eigenvalue weighted by molar-refractivity contribution is 5.51. The molecule has 0 amide bonds. The number of aliphatic hydroxyl groups is 1. The van der Waals surface area contributed by atoms with Crippen molar-refractivity contribution >= 4 is 11.6 Å². The monoisotopic (exact) mass is 262 g/mol. The fraction of sp³-hybridized carbons (Fsp3) is 0.714. The third kappa shape index (κ3) is 2.66. The van der Waals surface area contributed by atoms with Gasteiger partial charge in [0.05, 0.1) is 12.6 Å². The molecule has 0 aromatic carbocycles. The summed E-state index contributed by atoms with van der Waals surface area (Å²) in [6.45, 7) is 3.39. The zero-order chi connectivity index (χ0) is 13.1. The molecule has 5 heteroatoms. The van der Waals surface area contributed by atoms with Crippen molar-refractivity contribution in [3.8, 4) is 0 Å². The lowest BCUT2D eigenvalue weighted by Crippen LogP contribution is -2.42. The lowest BCUT2D eigenvalue weighted by atomic mass is 10.0. The van der Waals surface area contributed by atoms with Crippen LogP contribution < -0.4 is 9.80 Å². The van der Waals surface area contributed by atoms with Crippen LogP contribution in [0.15, 0.2) is 12.4 Å². The van der Waals surface area contributed by atoms with Gasteiger partial charge < -0.3 is 14.9 Å². The highest BCUT2D eigenvalue weighted by Gasteiger charge is 2.24. The van der Waals surface area contributed by atoms with E-state index in [2.05, 4.69) is 25.8 Å². The summed E-state index contributed by atoms with van der Waals surface area (Å²) < 4.78 is 0. The number of piperidine rings is 1. The molecule has 2 fully saturated rings. The number of aliphatic hydroxyl groups excluding tert-OH is 1. The van der Waals surface area contributed by atoms with Crippen molar-refractivity contribution < 1.29 is 5.11 Å². The lowest BCUT2D eigenvalue weighted by molar-refractivity contribution is 0.239. The molecule has 1 aromatic heterocycles. The summed E-state index contributed by atoms with van der Waals surface area (Å²) in [5.74, 6) is 2.00. The van der Waals surface area contributed by atoms with Crippen LogP contribution in [0.4, 0.5) is 11.6 Å². The van der Waals surface area contributed by atoms with Gasteiger partial charge in [-0.2, -0.15) is 0 Å². The largest absolute Gasteiger partial charge is 0.394 e. The van der Waals surface area contributed by atoms with Crippen LogP contribution in [0.25, 0.3) is 0 Å². The van der Waals surface area contributed by atoms with Gasteiger partial charge >= 0.3 is 0 Å². The Hall–Kier alpha value is -1.36. The van der Waals surface area contributed by atoms with Gasteiger partial charge in [0.25, 0.3) is 0 Å². The predicted molar refractivity (Wildman–Crippen MR) is 75.5 cm³/mol. The molecular formula is C14H22N4O. The summed E-state index contributed by atoms with van der Waals surface area (Å²) in [5.41, 5.74) is 0. The second-order valence-corrected chi connectivity index (χ2v) is 5.45. The molecule has 0 bridgehead atoms. The molecule has 2 saturated heterocycles. The van der Waals surface area contributed by atoms with Crippen molar-refractivity contribution in [3.05, 3.63) is 12.4 Å². The topological polar surface area (TPSA) is 52.5 Å². The van der Waals surface area contributed by atoms with Gasteiger partial charge in [-0.05, 0) is 32.1 Å². The first-order valence-electron chi connectivity index (χ1n) is 7.33. The molecule has 2 aliphatic rings. The van der Waals surface area contributed by atoms with Crippen molar-refractivity contribution in [1.82, 2.24) is 9.97 Å². The van der Waals surface area contributed by atoms with Gasteiger partial charge in [0.15, 0.2) is 0 Å². The normalized spacial score (nSPS) is 23.9. The van der Waals surface area contributed by atoms with Crippen LogP contribution >= 0.6 is 0 Å². The van der Waals surface area contributed by atoms with Crippen molar-refractivity contribution in [3.63, 3.8) is 0 Å². The highest BCUT2D eigenvalue weighted by atomic mass is 16.3. The minimum absolute atomic E-state index is 0.211. The van der Waals surface area contributed by atoms with E-state index in [1.54, 1.807) is 6.33 Å². The van der Waals surface area contributed by atoms with Gasteiger partial charge in [-0.25, -0.2) is 9.97 Å². The van der Waals surface area contributed by atoms with E-state index in [1.807, 2.05) is 0 Å². The first-order valence-corrected chi connectivity index (χ1v) is 7.33. The number of nitrogens with zero attached hydrogens (tertiary/aromatic N) is 4. The van der Waals surface area contributed by atoms with E-state index in [0.717, 1.165) is 37.7 Å². The molecular weight excluding hydrogens is 240 g/mol. The lowest BCUT2D eigenvalue weighted by Gasteiger charge is -2.35. The average Bonchev–Trinajstić information content (AvgIpc) is 3.01. The molecule has 3 rings (SSSR count). The molecule has 0 spiro atoms. The van der Waals surface area contributed by atoms with Crippen LogP contribution in [0, 0.1) is 0 Å². The maximum absolute atomic E-state index is 9.51. The Morgan fingerprint density at radius 3 is 2.58 bits per heavy atom. The molecule has 1 N–H and O–H groups in total. The zero-order valence-corrected chi connectivity index (χ0v) is 11.3. The fourth-order valence-corrected chi connectivity index (χ4v) is 3.11. The van der Waals surface area contributed by atoms with Gasteiger partial charge in [-0.3, -0.25) is 0 Å². The first-order chi connectivity index (χ1) is 9.38. The van der Waals surface area contributed by atoms with Gasteiger partial charge in [0.1, 0.15) is 18.0 Å². The third-order valence-electron chi connectivity index (χ3n) is 4.20. The zero-order valence-electron chi connectivity index (χ0n) is 11.3. The van der Waals surface area contributed by atoms with Crippen LogP contribution in [-0.2, 0) is 0 Å². The number of rotatable bonds is 3. The summed E-state index contributed by atoms with van der Waals surface area (Å²) >= 11 is 0. The molecule has 1 aromatic rings. The van der Waals surface area contributed by atoms with E-state index >= 15 is 0 Å². The SMILES string of the molecule is OCC1CCCCN1c1cc(N2CCCC2)ncn1. The molecule has 0 saturated carbocycles. The summed E-state index contributed by atoms with van der Waals surface area (Å²) in [6.07, 6.45) is 7.60. The van der Waals surface area contributed by atoms with Crippen LogP contribution in [0.5, 0.6) is 0 Å². The standard InChI is InChI=1S/C14H22N4O/c19-10-12-5-1-2-8-18(12)14-9-13(15-11-16-14)17-6-3-4-7-17/h9,11-12,19H,1-8,10H2. The first kappa shape index (κ1) is 12.7. The van der Waals surface area contributed by atoms with Gasteiger partial charge in [0.2, 0.25) is 0 Å². The van der Waals surface area contributed by atoms with E-state index < -0.39 is 0 Å². The molecule has 2 aliphatic heterocycles. The van der Waals surface area contributed by atoms with Crippen LogP contribution in [-0.4, -0.2) is 47.4 Å². The molecule has 1 unspecified atom stereocenters. The summed E-state index contributed by atoms with van der Waals surface area (Å²) in [5, 5.41) is 9.51. The van der Waals surface area contributed by atoms with E-state index in [4.69, 9.17) is 0 Å². The van der Waals surface area contributed by atoms with Crippen molar-refractivity contribution in [2.24, 2.45) is 0 Å². The highest BCUT2D eigenvalue weighted by Crippen LogP contribution is 2.26. The van der Waals surface area contributed by atoms with Gasteiger partial charge in [-0.15, -0.1) is 0 Å². The Bertz CT molecular complexity index is 420. The predicted octanol–water partition coefficient (Wildman–Crippen LogP) is 1.43. The minimum Gasteiger partial charge on any atom is -0.394 e. The van der Waals surface area contributed by atoms with Gasteiger partial charge in [-0.1, -0.05) is 0 Å². The molecule has 5 nitrogen and oxygen atoms in total. The summed E-state index contributed by atoms with van der Waals surface area (Å²) in [7, 11) is 0. The van der Waals surface area contributed by atoms with Crippen LogP contribution in [0.2, 0.25) is 0 Å². The van der Waals surface area contributed by atoms with E-state index in [1.165, 1.54) is 25.7 Å². The van der Waals surface area contributed by atoms with E-state index in [9.17, 15) is 5.11 Å². The molecule has 1 atom stereocenters. The van der Waals surface area contributed by atoms with Gasteiger partial charge in [0, 0.05) is 25.7 Å². The Kier molecular flexibility index (Phi) is 3.82. The van der Waals surface area contributed by atoms with Crippen molar-refractivity contribution in [1.29, 1.82) is 0 Å². The van der Waals surface area contributed by atoms with Crippen molar-refractivity contribution in [2.75, 3.05) is 36.0 Å². The van der Waals surface area contributed by atoms with Crippen LogP contribution in [0.1, 0.15) is 32.1 Å². The summed E-state index contributed by atoms with van der Waals surface area (Å²) in [4.78, 5) is 13.4. The van der Waals surface area contributed by atoms with E-state index in [0.29, 0.717) is 0 Å². The maximum atomic E-state index is 9.51. The van der Waals surface area contributed by atoms with E-state index in [-0.39, 0.29) is 12.6 Å². The smallest absolute Gasteiger partial charge is 0.134 e. The average molecular weight is 262 g/mol. The minimum atomic E-state index is 0.211. The number of anilines is 2. The Balaban J connectivity index is 1.81. The summed E-state index contributed by atoms with van der Waals surface area (Å²) in [6, 6.07) is 2.30. The molecule has 19 heavy (non-hydrogen) atoms.